The molecule has 0 spiro atoms. The number of benzene rings is 1. The number of ether oxygens (including phenoxy) is 2. The minimum absolute atomic E-state index is 0.0686. The molecule has 1 unspecified atom stereocenters. The number of methoxy groups -OCH3 is 1. The Bertz CT molecular complexity index is 1370. The molecule has 15 heteroatoms. The standard InChI is InChI=1S/C29H43FN5O8P/c1-5-10-21(11-6-2)16-41-28(38)20(3)34-44(39,43-22-12-8-7-9-13-22)42-18-29(17-30,40-4)26(37)25(36)23-14-15-24-27(31)32-19-33-35(23)24/h7-9,12-15,19-21,25-26,36-37H,5-6,10-11,16-18H2,1-4H3,(H,34,39)(H2,31,32,33)/t20-,25-,26-,29+,44?/m0/s1. The molecule has 244 valence electrons. The van der Waals surface area contributed by atoms with Gasteiger partial charge < -0.3 is 29.9 Å². The summed E-state index contributed by atoms with van der Waals surface area (Å²) >= 11 is 0. The van der Waals surface area contributed by atoms with E-state index in [2.05, 4.69) is 29.0 Å². The first-order valence-corrected chi connectivity index (χ1v) is 16.1. The molecule has 0 saturated heterocycles. The van der Waals surface area contributed by atoms with Gasteiger partial charge in [-0.15, -0.1) is 0 Å². The first-order chi connectivity index (χ1) is 21.0. The van der Waals surface area contributed by atoms with Crippen molar-refractivity contribution >= 4 is 25.1 Å². The Morgan fingerprint density at radius 2 is 1.84 bits per heavy atom. The molecule has 3 aromatic rings. The number of nitrogens with zero attached hydrogens (tertiary/aromatic N) is 3. The lowest BCUT2D eigenvalue weighted by molar-refractivity contribution is -0.170. The number of rotatable bonds is 19. The third kappa shape index (κ3) is 8.74. The summed E-state index contributed by atoms with van der Waals surface area (Å²) in [5.74, 6) is -0.215. The number of esters is 1. The van der Waals surface area contributed by atoms with Crippen molar-refractivity contribution in [3.8, 4) is 5.75 Å². The van der Waals surface area contributed by atoms with E-state index in [9.17, 15) is 24.0 Å². The van der Waals surface area contributed by atoms with Gasteiger partial charge >= 0.3 is 13.7 Å². The number of halogens is 1. The van der Waals surface area contributed by atoms with Crippen molar-refractivity contribution in [3.05, 3.63) is 54.5 Å². The largest absolute Gasteiger partial charge is 0.464 e. The first-order valence-electron chi connectivity index (χ1n) is 14.5. The molecule has 2 heterocycles. The number of nitrogens with two attached hydrogens (primary N) is 1. The van der Waals surface area contributed by atoms with Crippen LogP contribution < -0.4 is 15.3 Å². The number of fused-ring (bicyclic) bond motifs is 1. The zero-order valence-corrected chi connectivity index (χ0v) is 26.4. The molecule has 1 aromatic carbocycles. The van der Waals surface area contributed by atoms with Crippen LogP contribution in [0.15, 0.2) is 48.8 Å². The van der Waals surface area contributed by atoms with Crippen LogP contribution in [0.1, 0.15) is 58.3 Å². The second kappa shape index (κ2) is 16.3. The average Bonchev–Trinajstić information content (AvgIpc) is 3.46. The van der Waals surface area contributed by atoms with E-state index in [0.29, 0.717) is 5.52 Å². The summed E-state index contributed by atoms with van der Waals surface area (Å²) in [5.41, 5.74) is 4.06. The SMILES string of the molecule is CCCC(CCC)COC(=O)[C@H](C)NP(=O)(OC[C@@](CF)(OC)[C@@H](O)[C@@H](O)c1ccc2c(N)ncnn12)Oc1ccccc1. The summed E-state index contributed by atoms with van der Waals surface area (Å²) in [6, 6.07) is 9.85. The number of carbonyl (C=O) groups excluding carboxylic acids is 1. The highest BCUT2D eigenvalue weighted by molar-refractivity contribution is 7.52. The number of aliphatic hydroxyl groups excluding tert-OH is 2. The van der Waals surface area contributed by atoms with Crippen LogP contribution in [-0.2, 0) is 23.4 Å². The molecule has 0 radical (unpaired) electrons. The van der Waals surface area contributed by atoms with Gasteiger partial charge in [-0.2, -0.15) is 10.2 Å². The molecule has 2 aromatic heterocycles. The summed E-state index contributed by atoms with van der Waals surface area (Å²) in [6.45, 7) is 3.54. The minimum atomic E-state index is -4.46. The molecule has 0 bridgehead atoms. The van der Waals surface area contributed by atoms with Gasteiger partial charge in [0.15, 0.2) is 5.82 Å². The Labute approximate surface area is 256 Å². The van der Waals surface area contributed by atoms with Gasteiger partial charge in [-0.05, 0) is 49.9 Å². The van der Waals surface area contributed by atoms with Crippen molar-refractivity contribution in [1.29, 1.82) is 0 Å². The molecule has 13 nitrogen and oxygen atoms in total. The molecule has 0 aliphatic carbocycles. The summed E-state index contributed by atoms with van der Waals surface area (Å²) in [4.78, 5) is 16.7. The number of carbonyl (C=O) groups is 1. The van der Waals surface area contributed by atoms with Crippen LogP contribution in [0.3, 0.4) is 0 Å². The fraction of sp³-hybridized carbons (Fsp3) is 0.552. The number of anilines is 1. The normalized spacial score (nSPS) is 16.6. The highest BCUT2D eigenvalue weighted by atomic mass is 31.2. The van der Waals surface area contributed by atoms with Crippen LogP contribution in [-0.4, -0.2) is 75.5 Å². The predicted octanol–water partition coefficient (Wildman–Crippen LogP) is 4.00. The molecule has 0 aliphatic heterocycles. The Morgan fingerprint density at radius 1 is 1.16 bits per heavy atom. The molecule has 5 atom stereocenters. The van der Waals surface area contributed by atoms with Crippen molar-refractivity contribution in [1.82, 2.24) is 19.7 Å². The van der Waals surface area contributed by atoms with Crippen LogP contribution in [0, 0.1) is 5.92 Å². The Hall–Kier alpha value is -3.13. The van der Waals surface area contributed by atoms with Gasteiger partial charge in [0.25, 0.3) is 0 Å². The third-order valence-corrected chi connectivity index (χ3v) is 8.92. The Morgan fingerprint density at radius 3 is 2.45 bits per heavy atom. The molecular formula is C29H43FN5O8P. The maximum Gasteiger partial charge on any atom is 0.459 e. The number of hydrogen-bond donors (Lipinski definition) is 4. The van der Waals surface area contributed by atoms with Gasteiger partial charge in [0.2, 0.25) is 0 Å². The lowest BCUT2D eigenvalue weighted by Crippen LogP contribution is -2.53. The average molecular weight is 640 g/mol. The number of alkyl halides is 1. The quantitative estimate of drug-likeness (QED) is 0.110. The molecule has 0 amide bonds. The van der Waals surface area contributed by atoms with E-state index < -0.39 is 50.8 Å². The van der Waals surface area contributed by atoms with E-state index in [1.54, 1.807) is 18.2 Å². The van der Waals surface area contributed by atoms with E-state index in [4.69, 9.17) is 24.3 Å². The zero-order chi connectivity index (χ0) is 32.3. The van der Waals surface area contributed by atoms with E-state index in [1.807, 2.05) is 0 Å². The molecule has 5 N–H and O–H groups in total. The molecular weight excluding hydrogens is 596 g/mol. The van der Waals surface area contributed by atoms with Crippen LogP contribution in [0.25, 0.3) is 5.52 Å². The summed E-state index contributed by atoms with van der Waals surface area (Å²) in [5, 5.41) is 28.9. The first kappa shape index (κ1) is 35.4. The highest BCUT2D eigenvalue weighted by Crippen LogP contribution is 2.46. The van der Waals surface area contributed by atoms with Crippen LogP contribution >= 0.6 is 7.75 Å². The smallest absolute Gasteiger partial charge is 0.459 e. The lowest BCUT2D eigenvalue weighted by atomic mass is 9.93. The zero-order valence-electron chi connectivity index (χ0n) is 25.5. The molecule has 0 fully saturated rings. The van der Waals surface area contributed by atoms with E-state index in [0.717, 1.165) is 39.1 Å². The third-order valence-electron chi connectivity index (χ3n) is 7.29. The summed E-state index contributed by atoms with van der Waals surface area (Å²) < 4.78 is 52.1. The second-order valence-corrected chi connectivity index (χ2v) is 12.3. The molecule has 3 rings (SSSR count). The van der Waals surface area contributed by atoms with Gasteiger partial charge in [0, 0.05) is 7.11 Å². The number of hydrogen-bond acceptors (Lipinski definition) is 11. The number of nitrogen functional groups attached to an aromatic ring is 1. The predicted molar refractivity (Wildman–Crippen MR) is 162 cm³/mol. The number of para-hydroxylation sites is 1. The van der Waals surface area contributed by atoms with Crippen molar-refractivity contribution in [2.24, 2.45) is 5.92 Å². The lowest BCUT2D eigenvalue weighted by Gasteiger charge is -2.37. The topological polar surface area (TPSA) is 180 Å². The van der Waals surface area contributed by atoms with Crippen molar-refractivity contribution in [2.45, 2.75) is 70.3 Å². The fourth-order valence-electron chi connectivity index (χ4n) is 4.73. The molecule has 44 heavy (non-hydrogen) atoms. The fourth-order valence-corrected chi connectivity index (χ4v) is 6.28. The Kier molecular flexibility index (Phi) is 13.1. The molecule has 0 aliphatic rings. The number of aliphatic hydroxyl groups is 2. The van der Waals surface area contributed by atoms with Gasteiger partial charge in [0.05, 0.1) is 18.9 Å². The van der Waals surface area contributed by atoms with Gasteiger partial charge in [0.1, 0.15) is 48.1 Å². The Balaban J connectivity index is 1.81. The van der Waals surface area contributed by atoms with Gasteiger partial charge in [-0.3, -0.25) is 9.32 Å². The van der Waals surface area contributed by atoms with Crippen molar-refractivity contribution in [2.75, 3.05) is 32.7 Å². The maximum absolute atomic E-state index is 14.7. The highest BCUT2D eigenvalue weighted by Gasteiger charge is 2.47. The maximum atomic E-state index is 14.7. The van der Waals surface area contributed by atoms with E-state index >= 15 is 0 Å². The second-order valence-electron chi connectivity index (χ2n) is 10.6. The minimum Gasteiger partial charge on any atom is -0.464 e. The summed E-state index contributed by atoms with van der Waals surface area (Å²) in [7, 11) is -3.35. The van der Waals surface area contributed by atoms with Gasteiger partial charge in [-0.25, -0.2) is 18.5 Å². The molecule has 0 saturated carbocycles. The van der Waals surface area contributed by atoms with Crippen molar-refractivity contribution < 1.29 is 42.5 Å². The van der Waals surface area contributed by atoms with Crippen LogP contribution in [0.4, 0.5) is 10.2 Å². The number of nitrogens with one attached hydrogen (secondary N) is 1. The van der Waals surface area contributed by atoms with E-state index in [1.165, 1.54) is 35.7 Å². The van der Waals surface area contributed by atoms with E-state index in [-0.39, 0.29) is 29.8 Å². The van der Waals surface area contributed by atoms with Gasteiger partial charge in [-0.1, -0.05) is 44.9 Å². The van der Waals surface area contributed by atoms with Crippen LogP contribution in [0.2, 0.25) is 0 Å². The monoisotopic (exact) mass is 639 g/mol. The number of aromatic nitrogens is 3. The summed E-state index contributed by atoms with van der Waals surface area (Å²) in [6.07, 6.45) is 1.16. The van der Waals surface area contributed by atoms with Crippen LogP contribution in [0.5, 0.6) is 5.75 Å². The van der Waals surface area contributed by atoms with Crippen molar-refractivity contribution in [3.63, 3.8) is 0 Å².